The third-order valence-electron chi connectivity index (χ3n) is 3.01. The minimum Gasteiger partial charge on any atom is -0.462 e. The van der Waals surface area contributed by atoms with Gasteiger partial charge < -0.3 is 14.5 Å². The minimum atomic E-state index is -0.580. The average Bonchev–Trinajstić information content (AvgIpc) is 2.97. The highest BCUT2D eigenvalue weighted by atomic mass is 35.5. The molecule has 24 heavy (non-hydrogen) atoms. The summed E-state index contributed by atoms with van der Waals surface area (Å²) < 4.78 is 9.97. The summed E-state index contributed by atoms with van der Waals surface area (Å²) >= 11 is 5.93. The molecule has 0 spiro atoms. The number of aromatic nitrogens is 1. The molecule has 0 aliphatic rings. The van der Waals surface area contributed by atoms with E-state index < -0.39 is 11.9 Å². The van der Waals surface area contributed by atoms with Gasteiger partial charge in [-0.3, -0.25) is 0 Å². The van der Waals surface area contributed by atoms with E-state index in [0.29, 0.717) is 10.6 Å². The molecule has 1 aromatic heterocycles. The summed E-state index contributed by atoms with van der Waals surface area (Å²) in [6.45, 7) is 3.84. The number of ether oxygens (including phenoxy) is 2. The summed E-state index contributed by atoms with van der Waals surface area (Å²) in [6.07, 6.45) is 1.40. The fraction of sp³-hybridized carbons (Fsp3) is 0.222. The maximum Gasteiger partial charge on any atom is 0.356 e. The Bertz CT molecular complexity index is 778. The van der Waals surface area contributed by atoms with Crippen molar-refractivity contribution in [3.8, 4) is 11.8 Å². The number of rotatable bonds is 4. The van der Waals surface area contributed by atoms with Gasteiger partial charge in [0.15, 0.2) is 0 Å². The highest BCUT2D eigenvalue weighted by Gasteiger charge is 2.22. The van der Waals surface area contributed by atoms with Crippen LogP contribution in [0.2, 0.25) is 5.02 Å². The average molecular weight is 346 g/mol. The third kappa shape index (κ3) is 4.18. The van der Waals surface area contributed by atoms with Crippen LogP contribution < -0.4 is 0 Å². The Morgan fingerprint density at radius 1 is 1.12 bits per heavy atom. The number of benzene rings is 1. The molecule has 124 valence electrons. The second-order valence-electron chi connectivity index (χ2n) is 4.65. The van der Waals surface area contributed by atoms with Gasteiger partial charge in [-0.25, -0.2) is 9.59 Å². The minimum absolute atomic E-state index is 0.120. The van der Waals surface area contributed by atoms with Crippen molar-refractivity contribution < 1.29 is 19.1 Å². The van der Waals surface area contributed by atoms with Crippen molar-refractivity contribution >= 4 is 23.5 Å². The van der Waals surface area contributed by atoms with Crippen molar-refractivity contribution in [1.82, 2.24) is 4.98 Å². The molecule has 1 heterocycles. The highest BCUT2D eigenvalue weighted by Crippen LogP contribution is 2.17. The maximum absolute atomic E-state index is 12.0. The summed E-state index contributed by atoms with van der Waals surface area (Å²) in [5.74, 6) is 4.60. The highest BCUT2D eigenvalue weighted by molar-refractivity contribution is 6.30. The molecule has 0 aliphatic carbocycles. The van der Waals surface area contributed by atoms with Crippen molar-refractivity contribution in [1.29, 1.82) is 0 Å². The number of halogens is 1. The van der Waals surface area contributed by atoms with Gasteiger partial charge in [0.2, 0.25) is 0 Å². The number of H-pyrrole nitrogens is 1. The summed E-state index contributed by atoms with van der Waals surface area (Å²) in [5.41, 5.74) is 1.21. The molecule has 0 amide bonds. The van der Waals surface area contributed by atoms with Crippen LogP contribution in [0.5, 0.6) is 0 Å². The van der Waals surface area contributed by atoms with E-state index in [1.807, 2.05) is 0 Å². The molecule has 0 radical (unpaired) electrons. The van der Waals surface area contributed by atoms with Crippen molar-refractivity contribution in [2.45, 2.75) is 13.8 Å². The quantitative estimate of drug-likeness (QED) is 0.681. The van der Waals surface area contributed by atoms with Crippen LogP contribution in [0.1, 0.15) is 45.8 Å². The van der Waals surface area contributed by atoms with E-state index in [2.05, 4.69) is 16.8 Å². The SMILES string of the molecule is CCOC(=O)c1c[nH]c(C(=O)OCC)c1C#Cc1cccc(Cl)c1. The van der Waals surface area contributed by atoms with Crippen LogP contribution in [0, 0.1) is 11.8 Å². The number of hydrogen-bond acceptors (Lipinski definition) is 4. The van der Waals surface area contributed by atoms with E-state index >= 15 is 0 Å². The molecule has 0 saturated heterocycles. The molecule has 0 fully saturated rings. The first-order chi connectivity index (χ1) is 11.6. The molecule has 2 aromatic rings. The zero-order valence-electron chi connectivity index (χ0n) is 13.3. The molecule has 0 bridgehead atoms. The first-order valence-corrected chi connectivity index (χ1v) is 7.77. The van der Waals surface area contributed by atoms with Crippen molar-refractivity contribution in [3.05, 3.63) is 57.9 Å². The Morgan fingerprint density at radius 3 is 2.50 bits per heavy atom. The van der Waals surface area contributed by atoms with Crippen LogP contribution in [0.4, 0.5) is 0 Å². The number of hydrogen-bond donors (Lipinski definition) is 1. The number of carbonyl (C=O) groups excluding carboxylic acids is 2. The Balaban J connectivity index is 2.46. The van der Waals surface area contributed by atoms with Gasteiger partial charge in [0.25, 0.3) is 0 Å². The topological polar surface area (TPSA) is 68.4 Å². The van der Waals surface area contributed by atoms with Gasteiger partial charge in [-0.1, -0.05) is 29.5 Å². The van der Waals surface area contributed by atoms with Crippen LogP contribution >= 0.6 is 11.6 Å². The molecule has 6 heteroatoms. The molecular weight excluding hydrogens is 330 g/mol. The summed E-state index contributed by atoms with van der Waals surface area (Å²) in [7, 11) is 0. The lowest BCUT2D eigenvalue weighted by Gasteiger charge is -2.02. The predicted octanol–water partition coefficient (Wildman–Crippen LogP) is 3.42. The first-order valence-electron chi connectivity index (χ1n) is 7.40. The monoisotopic (exact) mass is 345 g/mol. The number of carbonyl (C=O) groups is 2. The lowest BCUT2D eigenvalue weighted by Crippen LogP contribution is -2.09. The molecule has 2 rings (SSSR count). The van der Waals surface area contributed by atoms with Gasteiger partial charge in [0.05, 0.1) is 24.3 Å². The lowest BCUT2D eigenvalue weighted by molar-refractivity contribution is 0.0518. The van der Waals surface area contributed by atoms with E-state index in [1.165, 1.54) is 6.20 Å². The maximum atomic E-state index is 12.0. The van der Waals surface area contributed by atoms with E-state index in [-0.39, 0.29) is 30.0 Å². The predicted molar refractivity (Wildman–Crippen MR) is 90.1 cm³/mol. The van der Waals surface area contributed by atoms with E-state index in [9.17, 15) is 9.59 Å². The smallest absolute Gasteiger partial charge is 0.356 e. The van der Waals surface area contributed by atoms with Crippen molar-refractivity contribution in [2.75, 3.05) is 13.2 Å². The lowest BCUT2D eigenvalue weighted by atomic mass is 10.1. The summed E-state index contributed by atoms with van der Waals surface area (Å²) in [6, 6.07) is 6.97. The standard InChI is InChI=1S/C18H16ClNO4/c1-3-23-17(21)15-11-20-16(18(22)24-4-2)14(15)9-8-12-6-5-7-13(19)10-12/h5-7,10-11,20H,3-4H2,1-2H3. The van der Waals surface area contributed by atoms with Gasteiger partial charge in [-0.2, -0.15) is 0 Å². The fourth-order valence-corrected chi connectivity index (χ4v) is 2.18. The molecule has 5 nitrogen and oxygen atoms in total. The Labute approximate surface area is 144 Å². The van der Waals surface area contributed by atoms with Crippen LogP contribution in [0.25, 0.3) is 0 Å². The number of esters is 2. The van der Waals surface area contributed by atoms with Crippen LogP contribution in [-0.4, -0.2) is 30.1 Å². The van der Waals surface area contributed by atoms with Gasteiger partial charge in [-0.15, -0.1) is 0 Å². The summed E-state index contributed by atoms with van der Waals surface area (Å²) in [4.78, 5) is 26.8. The Kier molecular flexibility index (Phi) is 6.05. The van der Waals surface area contributed by atoms with E-state index in [4.69, 9.17) is 21.1 Å². The molecule has 1 N–H and O–H groups in total. The van der Waals surface area contributed by atoms with Crippen LogP contribution in [0.15, 0.2) is 30.5 Å². The van der Waals surface area contributed by atoms with Gasteiger partial charge in [-0.05, 0) is 32.0 Å². The normalized spacial score (nSPS) is 9.79. The second-order valence-corrected chi connectivity index (χ2v) is 5.09. The van der Waals surface area contributed by atoms with Gasteiger partial charge in [0, 0.05) is 16.8 Å². The third-order valence-corrected chi connectivity index (χ3v) is 3.25. The largest absolute Gasteiger partial charge is 0.462 e. The zero-order chi connectivity index (χ0) is 17.5. The number of aromatic amines is 1. The molecule has 0 atom stereocenters. The zero-order valence-corrected chi connectivity index (χ0v) is 14.1. The second kappa shape index (κ2) is 8.23. The number of nitrogens with one attached hydrogen (secondary N) is 1. The Hall–Kier alpha value is -2.71. The van der Waals surface area contributed by atoms with Crippen molar-refractivity contribution in [2.24, 2.45) is 0 Å². The Morgan fingerprint density at radius 2 is 1.83 bits per heavy atom. The van der Waals surface area contributed by atoms with Crippen molar-refractivity contribution in [3.63, 3.8) is 0 Å². The van der Waals surface area contributed by atoms with Crippen LogP contribution in [-0.2, 0) is 9.47 Å². The van der Waals surface area contributed by atoms with Gasteiger partial charge >= 0.3 is 11.9 Å². The molecular formula is C18H16ClNO4. The van der Waals surface area contributed by atoms with Crippen LogP contribution in [0.3, 0.4) is 0 Å². The molecule has 0 aliphatic heterocycles. The van der Waals surface area contributed by atoms with E-state index in [0.717, 1.165) is 0 Å². The molecule has 0 saturated carbocycles. The molecule has 1 aromatic carbocycles. The van der Waals surface area contributed by atoms with Gasteiger partial charge in [0.1, 0.15) is 5.69 Å². The first kappa shape index (κ1) is 17.6. The molecule has 0 unspecified atom stereocenters. The van der Waals surface area contributed by atoms with E-state index in [1.54, 1.807) is 38.1 Å². The summed E-state index contributed by atoms with van der Waals surface area (Å²) in [5, 5.41) is 0.548. The fourth-order valence-electron chi connectivity index (χ4n) is 1.99.